The molecule has 3 nitrogen and oxygen atoms in total. The molecule has 3 atom stereocenters. The fourth-order valence-electron chi connectivity index (χ4n) is 4.27. The molecule has 3 unspecified atom stereocenters. The number of benzene rings is 2. The third kappa shape index (κ3) is 5.67. The van der Waals surface area contributed by atoms with Crippen molar-refractivity contribution >= 4 is 34.7 Å². The van der Waals surface area contributed by atoms with Crippen LogP contribution in [0.4, 0.5) is 24.5 Å². The molecule has 8 heteroatoms. The van der Waals surface area contributed by atoms with Crippen LogP contribution in [0.3, 0.4) is 0 Å². The van der Waals surface area contributed by atoms with Gasteiger partial charge in [0.1, 0.15) is 5.75 Å². The monoisotopic (exact) mass is 482 g/mol. The number of fused-ring (bicyclic) bond motifs is 1. The number of hydrogen-bond acceptors (Lipinski definition) is 4. The number of methoxy groups -OCH3 is 1. The van der Waals surface area contributed by atoms with Gasteiger partial charge in [-0.1, -0.05) is 12.1 Å². The molecule has 32 heavy (non-hydrogen) atoms. The molecule has 1 aliphatic heterocycles. The van der Waals surface area contributed by atoms with Gasteiger partial charge in [0, 0.05) is 35.1 Å². The number of hydrogen-bond donors (Lipinski definition) is 2. The van der Waals surface area contributed by atoms with E-state index in [2.05, 4.69) is 16.0 Å². The zero-order chi connectivity index (χ0) is 22.7. The molecule has 2 aromatic rings. The molecule has 2 N–H and O–H groups in total. The SMILES string of the molecule is COc1cccc(CNc2cc(NCC3=CSC4CCC(Cl)CC34)cc(C(F)(F)F)c2)c1. The van der Waals surface area contributed by atoms with E-state index in [9.17, 15) is 13.2 Å². The molecule has 0 amide bonds. The number of alkyl halides is 4. The first-order chi connectivity index (χ1) is 15.3. The first-order valence-corrected chi connectivity index (χ1v) is 12.0. The lowest BCUT2D eigenvalue weighted by Crippen LogP contribution is -2.27. The predicted octanol–water partition coefficient (Wildman–Crippen LogP) is 7.14. The molecule has 4 rings (SSSR count). The second-order valence-corrected chi connectivity index (χ2v) is 9.97. The number of nitrogens with one attached hydrogen (secondary N) is 2. The van der Waals surface area contributed by atoms with E-state index >= 15 is 0 Å². The van der Waals surface area contributed by atoms with E-state index in [0.717, 1.165) is 30.9 Å². The quantitative estimate of drug-likeness (QED) is 0.411. The number of halogens is 4. The zero-order valence-electron chi connectivity index (χ0n) is 17.7. The molecular weight excluding hydrogens is 457 g/mol. The highest BCUT2D eigenvalue weighted by atomic mass is 35.5. The van der Waals surface area contributed by atoms with Crippen molar-refractivity contribution in [3.63, 3.8) is 0 Å². The highest BCUT2D eigenvalue weighted by molar-refractivity contribution is 8.03. The van der Waals surface area contributed by atoms with Crippen LogP contribution in [0.5, 0.6) is 5.75 Å². The number of anilines is 2. The maximum atomic E-state index is 13.5. The summed E-state index contributed by atoms with van der Waals surface area (Å²) in [6.07, 6.45) is -1.37. The summed E-state index contributed by atoms with van der Waals surface area (Å²) in [6.45, 7) is 0.912. The molecule has 2 aromatic carbocycles. The van der Waals surface area contributed by atoms with E-state index in [1.165, 1.54) is 11.6 Å². The Balaban J connectivity index is 1.46. The highest BCUT2D eigenvalue weighted by Gasteiger charge is 2.36. The van der Waals surface area contributed by atoms with E-state index in [1.54, 1.807) is 13.2 Å². The van der Waals surface area contributed by atoms with Gasteiger partial charge in [0.2, 0.25) is 0 Å². The molecular formula is C24H26ClF3N2OS. The van der Waals surface area contributed by atoms with Gasteiger partial charge in [0.15, 0.2) is 0 Å². The minimum Gasteiger partial charge on any atom is -0.497 e. The average Bonchev–Trinajstić information content (AvgIpc) is 3.17. The topological polar surface area (TPSA) is 33.3 Å². The molecule has 2 aliphatic rings. The second kappa shape index (κ2) is 9.87. The van der Waals surface area contributed by atoms with Crippen LogP contribution in [0.25, 0.3) is 0 Å². The number of ether oxygens (including phenoxy) is 1. The Labute approximate surface area is 195 Å². The van der Waals surface area contributed by atoms with Gasteiger partial charge in [-0.2, -0.15) is 13.2 Å². The summed E-state index contributed by atoms with van der Waals surface area (Å²) in [5, 5.41) is 9.22. The lowest BCUT2D eigenvalue weighted by molar-refractivity contribution is -0.137. The Bertz CT molecular complexity index is 982. The number of rotatable bonds is 7. The zero-order valence-corrected chi connectivity index (χ0v) is 19.3. The van der Waals surface area contributed by atoms with Gasteiger partial charge in [0.25, 0.3) is 0 Å². The number of thioether (sulfide) groups is 1. The Morgan fingerprint density at radius 2 is 1.81 bits per heavy atom. The van der Waals surface area contributed by atoms with Gasteiger partial charge >= 0.3 is 6.18 Å². The largest absolute Gasteiger partial charge is 0.497 e. The first-order valence-electron chi connectivity index (χ1n) is 10.6. The van der Waals surface area contributed by atoms with Crippen LogP contribution in [0.1, 0.15) is 30.4 Å². The van der Waals surface area contributed by atoms with Crippen molar-refractivity contribution in [3.05, 3.63) is 64.6 Å². The van der Waals surface area contributed by atoms with Crippen LogP contribution < -0.4 is 15.4 Å². The van der Waals surface area contributed by atoms with Crippen molar-refractivity contribution in [1.29, 1.82) is 0 Å². The van der Waals surface area contributed by atoms with Crippen LogP contribution >= 0.6 is 23.4 Å². The van der Waals surface area contributed by atoms with Crippen molar-refractivity contribution in [1.82, 2.24) is 0 Å². The third-order valence-corrected chi connectivity index (χ3v) is 7.73. The molecule has 0 radical (unpaired) electrons. The minimum absolute atomic E-state index is 0.180. The molecule has 0 saturated heterocycles. The normalized spacial score (nSPS) is 22.8. The minimum atomic E-state index is -4.42. The molecule has 0 aromatic heterocycles. The van der Waals surface area contributed by atoms with E-state index < -0.39 is 11.7 Å². The van der Waals surface area contributed by atoms with E-state index in [4.69, 9.17) is 16.3 Å². The molecule has 172 valence electrons. The summed E-state index contributed by atoms with van der Waals surface area (Å²) in [6, 6.07) is 11.5. The highest BCUT2D eigenvalue weighted by Crippen LogP contribution is 2.45. The van der Waals surface area contributed by atoms with Crippen molar-refractivity contribution in [2.75, 3.05) is 24.3 Å². The van der Waals surface area contributed by atoms with Crippen LogP contribution in [0.2, 0.25) is 0 Å². The van der Waals surface area contributed by atoms with Crippen LogP contribution in [-0.2, 0) is 12.7 Å². The molecule has 0 bridgehead atoms. The summed E-state index contributed by atoms with van der Waals surface area (Å²) in [5.74, 6) is 1.11. The van der Waals surface area contributed by atoms with E-state index in [1.807, 2.05) is 36.0 Å². The summed E-state index contributed by atoms with van der Waals surface area (Å²) in [7, 11) is 1.58. The summed E-state index contributed by atoms with van der Waals surface area (Å²) >= 11 is 8.19. The summed E-state index contributed by atoms with van der Waals surface area (Å²) in [5.41, 5.74) is 2.33. The van der Waals surface area contributed by atoms with Crippen LogP contribution in [0, 0.1) is 5.92 Å². The molecule has 1 aliphatic carbocycles. The second-order valence-electron chi connectivity index (χ2n) is 8.24. The first kappa shape index (κ1) is 23.2. The maximum Gasteiger partial charge on any atom is 0.416 e. The molecule has 0 spiro atoms. The van der Waals surface area contributed by atoms with Crippen molar-refractivity contribution in [3.8, 4) is 5.75 Å². The third-order valence-electron chi connectivity index (χ3n) is 5.98. The lowest BCUT2D eigenvalue weighted by Gasteiger charge is -2.30. The van der Waals surface area contributed by atoms with Gasteiger partial charge in [-0.3, -0.25) is 0 Å². The fraction of sp³-hybridized carbons (Fsp3) is 0.417. The molecule has 1 fully saturated rings. The molecule has 1 saturated carbocycles. The van der Waals surface area contributed by atoms with Crippen LogP contribution in [0.15, 0.2) is 53.4 Å². The maximum absolute atomic E-state index is 13.5. The average molecular weight is 483 g/mol. The molecule has 1 heterocycles. The standard InChI is InChI=1S/C24H26ClF3N2OS/c1-31-21-4-2-3-15(7-21)12-29-19-8-17(24(26,27)28)9-20(11-19)30-13-16-14-32-23-6-5-18(25)10-22(16)23/h2-4,7-9,11,14,18,22-23,29-30H,5-6,10,12-13H2,1H3. The van der Waals surface area contributed by atoms with Crippen molar-refractivity contribution in [2.24, 2.45) is 5.92 Å². The van der Waals surface area contributed by atoms with Gasteiger partial charge in [-0.05, 0) is 72.1 Å². The van der Waals surface area contributed by atoms with E-state index in [-0.39, 0.29) is 5.38 Å². The van der Waals surface area contributed by atoms with Gasteiger partial charge in [0.05, 0.1) is 12.7 Å². The van der Waals surface area contributed by atoms with Gasteiger partial charge < -0.3 is 15.4 Å². The van der Waals surface area contributed by atoms with Gasteiger partial charge in [-0.25, -0.2) is 0 Å². The van der Waals surface area contributed by atoms with Crippen molar-refractivity contribution < 1.29 is 17.9 Å². The Morgan fingerprint density at radius 1 is 1.06 bits per heavy atom. The van der Waals surface area contributed by atoms with Gasteiger partial charge in [-0.15, -0.1) is 23.4 Å². The fourth-order valence-corrected chi connectivity index (χ4v) is 5.94. The van der Waals surface area contributed by atoms with E-state index in [0.29, 0.717) is 41.4 Å². The Hall–Kier alpha value is -1.99. The lowest BCUT2D eigenvalue weighted by atomic mass is 9.83. The Kier molecular flexibility index (Phi) is 7.15. The Morgan fingerprint density at radius 3 is 2.53 bits per heavy atom. The predicted molar refractivity (Wildman–Crippen MR) is 127 cm³/mol. The smallest absolute Gasteiger partial charge is 0.416 e. The summed E-state index contributed by atoms with van der Waals surface area (Å²) < 4.78 is 45.8. The van der Waals surface area contributed by atoms with Crippen molar-refractivity contribution in [2.45, 2.75) is 42.6 Å². The summed E-state index contributed by atoms with van der Waals surface area (Å²) in [4.78, 5) is 0. The van der Waals surface area contributed by atoms with Crippen LogP contribution in [-0.4, -0.2) is 24.3 Å².